The number of benzene rings is 2. The first-order valence-electron chi connectivity index (χ1n) is 7.65. The number of nitrogens with one attached hydrogen (secondary N) is 1. The highest BCUT2D eigenvalue weighted by atomic mass is 19.4. The third-order valence-corrected chi connectivity index (χ3v) is 3.80. The van der Waals surface area contributed by atoms with Crippen molar-refractivity contribution in [3.8, 4) is 11.3 Å². The predicted octanol–water partition coefficient (Wildman–Crippen LogP) is 4.50. The lowest BCUT2D eigenvalue weighted by Gasteiger charge is -2.13. The fraction of sp³-hybridized carbons (Fsp3) is 0.158. The maximum atomic E-state index is 12.4. The molecule has 0 aliphatic heterocycles. The van der Waals surface area contributed by atoms with Crippen molar-refractivity contribution in [2.75, 3.05) is 6.54 Å². The van der Waals surface area contributed by atoms with Crippen molar-refractivity contribution in [2.45, 2.75) is 13.1 Å². The van der Waals surface area contributed by atoms with E-state index in [-0.39, 0.29) is 5.56 Å². The van der Waals surface area contributed by atoms with Gasteiger partial charge in [0.1, 0.15) is 6.54 Å². The number of nitrogens with zero attached hydrogens (tertiary/aromatic N) is 1. The van der Waals surface area contributed by atoms with Gasteiger partial charge in [-0.15, -0.1) is 0 Å². The highest BCUT2D eigenvalue weighted by Crippen LogP contribution is 2.29. The third-order valence-electron chi connectivity index (χ3n) is 3.80. The van der Waals surface area contributed by atoms with Gasteiger partial charge in [-0.1, -0.05) is 42.0 Å². The molecule has 1 N–H and O–H groups in total. The minimum Gasteiger partial charge on any atom is -0.343 e. The highest BCUT2D eigenvalue weighted by molar-refractivity contribution is 6.05. The van der Waals surface area contributed by atoms with Crippen molar-refractivity contribution in [1.82, 2.24) is 10.3 Å². The summed E-state index contributed by atoms with van der Waals surface area (Å²) in [6, 6.07) is 14.5. The first kappa shape index (κ1) is 17.0. The Kier molecular flexibility index (Phi) is 4.44. The van der Waals surface area contributed by atoms with Gasteiger partial charge in [0.05, 0.1) is 5.69 Å². The maximum Gasteiger partial charge on any atom is 0.405 e. The average molecular weight is 344 g/mol. The van der Waals surface area contributed by atoms with Gasteiger partial charge in [0.25, 0.3) is 5.91 Å². The van der Waals surface area contributed by atoms with Crippen LogP contribution in [-0.4, -0.2) is 23.6 Å². The topological polar surface area (TPSA) is 42.0 Å². The standard InChI is InChI=1S/C19H15F3N2O/c1-12-6-7-15(16(10-12)18(25)24-11-19(20,21)22)17-14-5-3-2-4-13(14)8-9-23-17/h2-10H,11H2,1H3,(H,24,25). The first-order chi connectivity index (χ1) is 11.8. The molecule has 25 heavy (non-hydrogen) atoms. The van der Waals surface area contributed by atoms with Crippen LogP contribution in [0.15, 0.2) is 54.7 Å². The quantitative estimate of drug-likeness (QED) is 0.760. The summed E-state index contributed by atoms with van der Waals surface area (Å²) in [5.74, 6) is -0.772. The summed E-state index contributed by atoms with van der Waals surface area (Å²) in [5.41, 5.74) is 2.02. The van der Waals surface area contributed by atoms with E-state index in [0.29, 0.717) is 11.3 Å². The Bertz CT molecular complexity index is 930. The van der Waals surface area contributed by atoms with Gasteiger partial charge in [-0.2, -0.15) is 13.2 Å². The van der Waals surface area contributed by atoms with Crippen molar-refractivity contribution >= 4 is 16.7 Å². The zero-order chi connectivity index (χ0) is 18.0. The van der Waals surface area contributed by atoms with E-state index >= 15 is 0 Å². The van der Waals surface area contributed by atoms with E-state index in [9.17, 15) is 18.0 Å². The van der Waals surface area contributed by atoms with Crippen molar-refractivity contribution < 1.29 is 18.0 Å². The van der Waals surface area contributed by atoms with Crippen LogP contribution in [0.5, 0.6) is 0 Å². The molecule has 1 aromatic heterocycles. The van der Waals surface area contributed by atoms with Crippen molar-refractivity contribution in [3.05, 3.63) is 65.9 Å². The molecule has 0 unspecified atom stereocenters. The summed E-state index contributed by atoms with van der Waals surface area (Å²) >= 11 is 0. The molecule has 0 atom stereocenters. The maximum absolute atomic E-state index is 12.4. The first-order valence-corrected chi connectivity index (χ1v) is 7.65. The van der Waals surface area contributed by atoms with Crippen LogP contribution in [0, 0.1) is 6.92 Å². The number of carbonyl (C=O) groups excluding carboxylic acids is 1. The van der Waals surface area contributed by atoms with E-state index in [1.807, 2.05) is 35.6 Å². The number of alkyl halides is 3. The summed E-state index contributed by atoms with van der Waals surface area (Å²) in [6.45, 7) is 0.406. The lowest BCUT2D eigenvalue weighted by molar-refractivity contribution is -0.123. The van der Waals surface area contributed by atoms with Crippen LogP contribution < -0.4 is 5.32 Å². The Morgan fingerprint density at radius 1 is 1.12 bits per heavy atom. The van der Waals surface area contributed by atoms with Crippen LogP contribution in [0.1, 0.15) is 15.9 Å². The SMILES string of the molecule is Cc1ccc(-c2nccc3ccccc23)c(C(=O)NCC(F)(F)F)c1. The number of aryl methyl sites for hydroxylation is 1. The molecule has 128 valence electrons. The van der Waals surface area contributed by atoms with Crippen LogP contribution in [0.4, 0.5) is 13.2 Å². The normalized spacial score (nSPS) is 11.5. The van der Waals surface area contributed by atoms with Crippen LogP contribution in [-0.2, 0) is 0 Å². The minimum absolute atomic E-state index is 0.174. The van der Waals surface area contributed by atoms with Gasteiger partial charge in [-0.3, -0.25) is 9.78 Å². The molecule has 0 saturated heterocycles. The van der Waals surface area contributed by atoms with Crippen LogP contribution in [0.3, 0.4) is 0 Å². The van der Waals surface area contributed by atoms with Crippen LogP contribution in [0.25, 0.3) is 22.0 Å². The smallest absolute Gasteiger partial charge is 0.343 e. The number of carbonyl (C=O) groups is 1. The highest BCUT2D eigenvalue weighted by Gasteiger charge is 2.28. The number of pyridine rings is 1. The van der Waals surface area contributed by atoms with Crippen LogP contribution in [0.2, 0.25) is 0 Å². The molecular formula is C19H15F3N2O. The van der Waals surface area contributed by atoms with Gasteiger partial charge >= 0.3 is 6.18 Å². The van der Waals surface area contributed by atoms with E-state index in [0.717, 1.165) is 16.3 Å². The molecule has 1 heterocycles. The van der Waals surface area contributed by atoms with Gasteiger partial charge in [0.15, 0.2) is 0 Å². The molecule has 6 heteroatoms. The largest absolute Gasteiger partial charge is 0.405 e. The molecule has 0 spiro atoms. The Morgan fingerprint density at radius 3 is 2.64 bits per heavy atom. The monoisotopic (exact) mass is 344 g/mol. The van der Waals surface area contributed by atoms with E-state index in [2.05, 4.69) is 4.98 Å². The van der Waals surface area contributed by atoms with E-state index in [1.165, 1.54) is 0 Å². The number of fused-ring (bicyclic) bond motifs is 1. The van der Waals surface area contributed by atoms with Gasteiger partial charge in [-0.25, -0.2) is 0 Å². The van der Waals surface area contributed by atoms with Crippen molar-refractivity contribution in [2.24, 2.45) is 0 Å². The van der Waals surface area contributed by atoms with Gasteiger partial charge in [0, 0.05) is 22.7 Å². The molecule has 0 aliphatic carbocycles. The Labute approximate surface area is 142 Å². The number of halogens is 3. The number of amides is 1. The van der Waals surface area contributed by atoms with E-state index in [4.69, 9.17) is 0 Å². The molecule has 0 saturated carbocycles. The molecule has 0 aliphatic rings. The zero-order valence-electron chi connectivity index (χ0n) is 13.4. The number of hydrogen-bond acceptors (Lipinski definition) is 2. The molecule has 0 fully saturated rings. The Balaban J connectivity index is 2.09. The molecular weight excluding hydrogens is 329 g/mol. The number of aromatic nitrogens is 1. The minimum atomic E-state index is -4.46. The summed E-state index contributed by atoms with van der Waals surface area (Å²) in [6.07, 6.45) is -2.84. The Hall–Kier alpha value is -2.89. The van der Waals surface area contributed by atoms with Gasteiger partial charge in [0.2, 0.25) is 0 Å². The lowest BCUT2D eigenvalue weighted by Crippen LogP contribution is -2.34. The molecule has 3 rings (SSSR count). The third kappa shape index (κ3) is 3.79. The summed E-state index contributed by atoms with van der Waals surface area (Å²) in [4.78, 5) is 16.7. The fourth-order valence-electron chi connectivity index (χ4n) is 2.66. The second-order valence-electron chi connectivity index (χ2n) is 5.73. The lowest BCUT2D eigenvalue weighted by atomic mass is 9.97. The van der Waals surface area contributed by atoms with Gasteiger partial charge < -0.3 is 5.32 Å². The van der Waals surface area contributed by atoms with Crippen LogP contribution >= 0.6 is 0 Å². The van der Waals surface area contributed by atoms with E-state index in [1.54, 1.807) is 31.3 Å². The van der Waals surface area contributed by atoms with Crippen molar-refractivity contribution in [1.29, 1.82) is 0 Å². The van der Waals surface area contributed by atoms with E-state index < -0.39 is 18.6 Å². The molecule has 3 nitrogen and oxygen atoms in total. The second-order valence-corrected chi connectivity index (χ2v) is 5.73. The molecule has 0 bridgehead atoms. The predicted molar refractivity (Wildman–Crippen MR) is 90.3 cm³/mol. The van der Waals surface area contributed by atoms with Crippen molar-refractivity contribution in [3.63, 3.8) is 0 Å². The fourth-order valence-corrected chi connectivity index (χ4v) is 2.66. The second kappa shape index (κ2) is 6.55. The average Bonchev–Trinajstić information content (AvgIpc) is 2.58. The number of hydrogen-bond donors (Lipinski definition) is 1. The summed E-state index contributed by atoms with van der Waals surface area (Å²) in [7, 11) is 0. The molecule has 3 aromatic rings. The molecule has 1 amide bonds. The molecule has 0 radical (unpaired) electrons. The van der Waals surface area contributed by atoms with Gasteiger partial charge in [-0.05, 0) is 24.4 Å². The zero-order valence-corrected chi connectivity index (χ0v) is 13.4. The Morgan fingerprint density at radius 2 is 1.88 bits per heavy atom. The molecule has 2 aromatic carbocycles. The number of rotatable bonds is 3. The summed E-state index contributed by atoms with van der Waals surface area (Å²) < 4.78 is 37.2. The summed E-state index contributed by atoms with van der Waals surface area (Å²) in [5, 5.41) is 3.70.